The Balaban J connectivity index is 1.65. The Bertz CT molecular complexity index is 803. The van der Waals surface area contributed by atoms with Crippen LogP contribution in [0.3, 0.4) is 0 Å². The summed E-state index contributed by atoms with van der Waals surface area (Å²) < 4.78 is 1.83. The number of aromatic nitrogens is 3. The van der Waals surface area contributed by atoms with Gasteiger partial charge in [0.05, 0.1) is 13.2 Å². The molecule has 0 atom stereocenters. The largest absolute Gasteiger partial charge is 0.395 e. The van der Waals surface area contributed by atoms with Gasteiger partial charge in [-0.1, -0.05) is 36.4 Å². The number of hydrogen-bond donors (Lipinski definition) is 2. The van der Waals surface area contributed by atoms with Gasteiger partial charge in [0.2, 0.25) is 0 Å². The Morgan fingerprint density at radius 1 is 1.12 bits per heavy atom. The standard InChI is InChI=1S/C17H19N5O2/c23-11-10-21(13-14-6-2-1-3-7-14)17(24)18-12-16-20-19-15-8-4-5-9-22(15)16/h1-9,23H,10-13H2,(H,18,24). The number of nitrogens with zero attached hydrogens (tertiary/aromatic N) is 4. The zero-order chi connectivity index (χ0) is 16.8. The molecule has 0 fully saturated rings. The smallest absolute Gasteiger partial charge is 0.318 e. The van der Waals surface area contributed by atoms with Crippen LogP contribution in [0, 0.1) is 0 Å². The predicted octanol–water partition coefficient (Wildman–Crippen LogP) is 1.43. The van der Waals surface area contributed by atoms with Crippen molar-refractivity contribution in [3.05, 3.63) is 66.1 Å². The van der Waals surface area contributed by atoms with Crippen LogP contribution in [0.15, 0.2) is 54.7 Å². The van der Waals surface area contributed by atoms with E-state index < -0.39 is 0 Å². The van der Waals surface area contributed by atoms with Gasteiger partial charge < -0.3 is 15.3 Å². The first kappa shape index (κ1) is 15.9. The lowest BCUT2D eigenvalue weighted by Gasteiger charge is -2.22. The SMILES string of the molecule is O=C(NCc1nnc2ccccn12)N(CCO)Cc1ccccc1. The number of nitrogens with one attached hydrogen (secondary N) is 1. The number of pyridine rings is 1. The van der Waals surface area contributed by atoms with E-state index in [0.717, 1.165) is 11.2 Å². The lowest BCUT2D eigenvalue weighted by Crippen LogP contribution is -2.41. The molecule has 0 saturated heterocycles. The molecular weight excluding hydrogens is 306 g/mol. The number of benzene rings is 1. The zero-order valence-electron chi connectivity index (χ0n) is 13.2. The Morgan fingerprint density at radius 2 is 1.92 bits per heavy atom. The normalized spacial score (nSPS) is 10.7. The van der Waals surface area contributed by atoms with Gasteiger partial charge in [-0.3, -0.25) is 4.40 Å². The van der Waals surface area contributed by atoms with Gasteiger partial charge in [-0.05, 0) is 17.7 Å². The molecule has 2 heterocycles. The minimum absolute atomic E-state index is 0.0892. The molecular formula is C17H19N5O2. The third kappa shape index (κ3) is 3.69. The van der Waals surface area contributed by atoms with E-state index in [9.17, 15) is 9.90 Å². The van der Waals surface area contributed by atoms with Crippen molar-refractivity contribution in [3.63, 3.8) is 0 Å². The minimum Gasteiger partial charge on any atom is -0.395 e. The molecule has 24 heavy (non-hydrogen) atoms. The number of amides is 2. The Kier molecular flexibility index (Phi) is 5.02. The van der Waals surface area contributed by atoms with E-state index in [0.29, 0.717) is 12.4 Å². The summed E-state index contributed by atoms with van der Waals surface area (Å²) in [7, 11) is 0. The van der Waals surface area contributed by atoms with Gasteiger partial charge in [0.15, 0.2) is 11.5 Å². The summed E-state index contributed by atoms with van der Waals surface area (Å²) in [4.78, 5) is 14.0. The first-order valence-electron chi connectivity index (χ1n) is 7.74. The lowest BCUT2D eigenvalue weighted by atomic mass is 10.2. The Labute approximate surface area is 139 Å². The van der Waals surface area contributed by atoms with Crippen LogP contribution in [-0.2, 0) is 13.1 Å². The average molecular weight is 325 g/mol. The highest BCUT2D eigenvalue weighted by atomic mass is 16.3. The molecule has 0 radical (unpaired) electrons. The number of carbonyl (C=O) groups excluding carboxylic acids is 1. The molecule has 3 aromatic rings. The van der Waals surface area contributed by atoms with Crippen molar-refractivity contribution in [1.82, 2.24) is 24.8 Å². The van der Waals surface area contributed by atoms with Crippen LogP contribution in [0.25, 0.3) is 5.65 Å². The molecule has 7 heteroatoms. The van der Waals surface area contributed by atoms with Gasteiger partial charge in [0.1, 0.15) is 0 Å². The van der Waals surface area contributed by atoms with Gasteiger partial charge >= 0.3 is 6.03 Å². The number of urea groups is 1. The van der Waals surface area contributed by atoms with Crippen molar-refractivity contribution in [3.8, 4) is 0 Å². The van der Waals surface area contributed by atoms with E-state index >= 15 is 0 Å². The van der Waals surface area contributed by atoms with Gasteiger partial charge in [-0.15, -0.1) is 10.2 Å². The van der Waals surface area contributed by atoms with Crippen LogP contribution in [0.5, 0.6) is 0 Å². The third-order valence-corrected chi connectivity index (χ3v) is 3.66. The molecule has 2 N–H and O–H groups in total. The molecule has 1 aromatic carbocycles. The number of aliphatic hydroxyl groups is 1. The molecule has 2 amide bonds. The topological polar surface area (TPSA) is 82.8 Å². The summed E-state index contributed by atoms with van der Waals surface area (Å²) in [5.74, 6) is 0.655. The second kappa shape index (κ2) is 7.56. The molecule has 0 aliphatic rings. The van der Waals surface area contributed by atoms with E-state index in [1.54, 1.807) is 4.90 Å². The first-order valence-corrected chi connectivity index (χ1v) is 7.74. The van der Waals surface area contributed by atoms with Crippen molar-refractivity contribution in [1.29, 1.82) is 0 Å². The van der Waals surface area contributed by atoms with Gasteiger partial charge in [0.25, 0.3) is 0 Å². The predicted molar refractivity (Wildman–Crippen MR) is 89.2 cm³/mol. The van der Waals surface area contributed by atoms with E-state index in [1.807, 2.05) is 59.1 Å². The summed E-state index contributed by atoms with van der Waals surface area (Å²) >= 11 is 0. The van der Waals surface area contributed by atoms with Crippen molar-refractivity contribution in [2.24, 2.45) is 0 Å². The van der Waals surface area contributed by atoms with Crippen LogP contribution in [0.1, 0.15) is 11.4 Å². The first-order chi connectivity index (χ1) is 11.8. The van der Waals surface area contributed by atoms with Crippen LogP contribution < -0.4 is 5.32 Å². The molecule has 0 spiro atoms. The highest BCUT2D eigenvalue weighted by Gasteiger charge is 2.14. The second-order valence-electron chi connectivity index (χ2n) is 5.33. The lowest BCUT2D eigenvalue weighted by molar-refractivity contribution is 0.173. The minimum atomic E-state index is -0.249. The molecule has 2 aromatic heterocycles. The number of aliphatic hydroxyl groups excluding tert-OH is 1. The van der Waals surface area contributed by atoms with Crippen molar-refractivity contribution < 1.29 is 9.90 Å². The third-order valence-electron chi connectivity index (χ3n) is 3.66. The zero-order valence-corrected chi connectivity index (χ0v) is 13.2. The molecule has 0 aliphatic heterocycles. The maximum atomic E-state index is 12.4. The second-order valence-corrected chi connectivity index (χ2v) is 5.33. The quantitative estimate of drug-likeness (QED) is 0.718. The van der Waals surface area contributed by atoms with Crippen LogP contribution in [-0.4, -0.2) is 43.8 Å². The molecule has 0 unspecified atom stereocenters. The Hall–Kier alpha value is -2.93. The molecule has 0 bridgehead atoms. The summed E-state index contributed by atoms with van der Waals surface area (Å²) in [5, 5.41) is 20.2. The average Bonchev–Trinajstić information content (AvgIpc) is 3.03. The van der Waals surface area contributed by atoms with Crippen LogP contribution >= 0.6 is 0 Å². The summed E-state index contributed by atoms with van der Waals surface area (Å²) in [6, 6.07) is 15.0. The molecule has 3 rings (SSSR count). The maximum Gasteiger partial charge on any atom is 0.318 e. The summed E-state index contributed by atoms with van der Waals surface area (Å²) in [6.07, 6.45) is 1.85. The summed E-state index contributed by atoms with van der Waals surface area (Å²) in [5.41, 5.74) is 1.74. The van der Waals surface area contributed by atoms with Gasteiger partial charge in [-0.25, -0.2) is 4.79 Å². The fourth-order valence-electron chi connectivity index (χ4n) is 2.45. The molecule has 0 aliphatic carbocycles. The van der Waals surface area contributed by atoms with E-state index in [-0.39, 0.29) is 25.7 Å². The summed E-state index contributed by atoms with van der Waals surface area (Å²) in [6.45, 7) is 0.879. The van der Waals surface area contributed by atoms with Crippen molar-refractivity contribution in [2.45, 2.75) is 13.1 Å². The van der Waals surface area contributed by atoms with E-state index in [2.05, 4.69) is 15.5 Å². The highest BCUT2D eigenvalue weighted by Crippen LogP contribution is 2.06. The molecule has 7 nitrogen and oxygen atoms in total. The fraction of sp³-hybridized carbons (Fsp3) is 0.235. The number of carbonyl (C=O) groups is 1. The number of fused-ring (bicyclic) bond motifs is 1. The van der Waals surface area contributed by atoms with Crippen molar-refractivity contribution in [2.75, 3.05) is 13.2 Å². The van der Waals surface area contributed by atoms with Gasteiger partial charge in [-0.2, -0.15) is 0 Å². The monoisotopic (exact) mass is 325 g/mol. The van der Waals surface area contributed by atoms with Crippen LogP contribution in [0.2, 0.25) is 0 Å². The Morgan fingerprint density at radius 3 is 2.71 bits per heavy atom. The fourth-order valence-corrected chi connectivity index (χ4v) is 2.45. The molecule has 0 saturated carbocycles. The maximum absolute atomic E-state index is 12.4. The van der Waals surface area contributed by atoms with E-state index in [4.69, 9.17) is 0 Å². The van der Waals surface area contributed by atoms with Gasteiger partial charge in [0, 0.05) is 19.3 Å². The highest BCUT2D eigenvalue weighted by molar-refractivity contribution is 5.74. The number of rotatable bonds is 6. The van der Waals surface area contributed by atoms with E-state index in [1.165, 1.54) is 0 Å². The van der Waals surface area contributed by atoms with Crippen LogP contribution in [0.4, 0.5) is 4.79 Å². The number of hydrogen-bond acceptors (Lipinski definition) is 4. The van der Waals surface area contributed by atoms with Crippen molar-refractivity contribution >= 4 is 11.7 Å². The molecule has 124 valence electrons.